The summed E-state index contributed by atoms with van der Waals surface area (Å²) in [5.74, 6) is -1.52. The second kappa shape index (κ2) is 12.0. The molecule has 0 bridgehead atoms. The normalized spacial score (nSPS) is 19.3. The predicted octanol–water partition coefficient (Wildman–Crippen LogP) is 6.13. The number of halogens is 2. The largest absolute Gasteiger partial charge is 0.465 e. The maximum atomic E-state index is 14.6. The third-order valence-corrected chi connectivity index (χ3v) is 10.6. The van der Waals surface area contributed by atoms with Gasteiger partial charge in [0.2, 0.25) is 10.0 Å². The zero-order valence-corrected chi connectivity index (χ0v) is 25.3. The highest BCUT2D eigenvalue weighted by Gasteiger charge is 2.40. The molecule has 3 aromatic carbocycles. The van der Waals surface area contributed by atoms with E-state index in [1.807, 2.05) is 11.2 Å². The molecule has 0 spiro atoms. The molecule has 6 rings (SSSR count). The number of ether oxygens (including phenoxy) is 1. The van der Waals surface area contributed by atoms with Gasteiger partial charge in [-0.15, -0.1) is 0 Å². The average Bonchev–Trinajstić information content (AvgIpc) is 3.64. The number of sulfonamides is 1. The summed E-state index contributed by atoms with van der Waals surface area (Å²) in [6.45, 7) is 2.34. The third kappa shape index (κ3) is 5.44. The molecule has 0 fully saturated rings. The Labute approximate surface area is 256 Å². The monoisotopic (exact) mass is 617 g/mol. The summed E-state index contributed by atoms with van der Waals surface area (Å²) in [5.41, 5.74) is 8.86. The van der Waals surface area contributed by atoms with Gasteiger partial charge in [0.05, 0.1) is 29.0 Å². The van der Waals surface area contributed by atoms with Crippen molar-refractivity contribution >= 4 is 21.7 Å². The highest BCUT2D eigenvalue weighted by molar-refractivity contribution is 7.89. The van der Waals surface area contributed by atoms with Gasteiger partial charge < -0.3 is 10.2 Å². The Morgan fingerprint density at radius 3 is 2.52 bits per heavy atom. The number of hydrogen-bond donors (Lipinski definition) is 1. The Kier molecular flexibility index (Phi) is 8.13. The minimum absolute atomic E-state index is 0.00826. The van der Waals surface area contributed by atoms with Crippen molar-refractivity contribution in [2.45, 2.75) is 31.1 Å². The van der Waals surface area contributed by atoms with Crippen LogP contribution in [0.25, 0.3) is 0 Å². The van der Waals surface area contributed by atoms with Gasteiger partial charge >= 0.3 is 5.97 Å². The quantitative estimate of drug-likeness (QED) is 0.291. The Balaban J connectivity index is 1.33. The van der Waals surface area contributed by atoms with Crippen molar-refractivity contribution in [3.63, 3.8) is 0 Å². The number of anilines is 1. The molecule has 0 saturated heterocycles. The number of methoxy groups -OCH3 is 1. The number of carbonyl (C=O) groups excluding carboxylic acids is 1. The number of esters is 1. The van der Waals surface area contributed by atoms with Crippen molar-refractivity contribution in [2.75, 3.05) is 25.2 Å². The van der Waals surface area contributed by atoms with Crippen molar-refractivity contribution < 1.29 is 26.7 Å². The first-order valence-corrected chi connectivity index (χ1v) is 16.0. The summed E-state index contributed by atoms with van der Waals surface area (Å²) in [4.78, 5) is 12.4. The third-order valence-electron chi connectivity index (χ3n) is 8.71. The average molecular weight is 618 g/mol. The minimum atomic E-state index is -4.17. The van der Waals surface area contributed by atoms with Gasteiger partial charge in [0, 0.05) is 30.8 Å². The molecule has 0 radical (unpaired) electrons. The topological polar surface area (TPSA) is 79.0 Å². The standard InChI is InChI=1S/C34H33F2N3O4S/c1-22-29-20-37-39(27-15-13-26(35)14-16-27)31(29)19-24-11-12-25(33(22)24)21-38(18-17-23-7-3-5-9-30(23)36)44(41,42)32-10-6-4-8-28(32)34(40)43-2/h3-10,13-16,19-20,22,25,37H,11-12,17-18,21H2,1-2H3/t22-,25+/m0/s1. The van der Waals surface area contributed by atoms with E-state index in [1.165, 1.54) is 47.3 Å². The molecule has 1 heterocycles. The van der Waals surface area contributed by atoms with E-state index in [0.717, 1.165) is 35.4 Å². The zero-order chi connectivity index (χ0) is 31.0. The lowest BCUT2D eigenvalue weighted by Gasteiger charge is -2.32. The van der Waals surface area contributed by atoms with Gasteiger partial charge in [0.15, 0.2) is 0 Å². The molecule has 1 N–H and O–H groups in total. The summed E-state index contributed by atoms with van der Waals surface area (Å²) < 4.78 is 62.9. The van der Waals surface area contributed by atoms with E-state index in [-0.39, 0.29) is 47.6 Å². The van der Waals surface area contributed by atoms with E-state index in [9.17, 15) is 22.0 Å². The van der Waals surface area contributed by atoms with Gasteiger partial charge in [-0.05, 0) is 84.9 Å². The number of benzene rings is 3. The number of nitrogens with one attached hydrogen (secondary N) is 1. The first-order valence-electron chi connectivity index (χ1n) is 14.6. The van der Waals surface area contributed by atoms with E-state index >= 15 is 0 Å². The lowest BCUT2D eigenvalue weighted by Crippen LogP contribution is -2.38. The van der Waals surface area contributed by atoms with E-state index in [0.29, 0.717) is 5.56 Å². The highest BCUT2D eigenvalue weighted by Crippen LogP contribution is 2.48. The summed E-state index contributed by atoms with van der Waals surface area (Å²) in [7, 11) is -2.96. The van der Waals surface area contributed by atoms with Crippen LogP contribution in [0, 0.1) is 23.5 Å². The summed E-state index contributed by atoms with van der Waals surface area (Å²) in [6, 6.07) is 18.6. The molecular formula is C34H33F2N3O4S. The molecule has 7 nitrogen and oxygen atoms in total. The predicted molar refractivity (Wildman–Crippen MR) is 164 cm³/mol. The molecule has 228 valence electrons. The molecular weight excluding hydrogens is 584 g/mol. The number of rotatable bonds is 9. The van der Waals surface area contributed by atoms with Crippen LogP contribution in [0.4, 0.5) is 14.5 Å². The summed E-state index contributed by atoms with van der Waals surface area (Å²) in [6.07, 6.45) is 5.78. The van der Waals surface area contributed by atoms with E-state index in [1.54, 1.807) is 42.5 Å². The van der Waals surface area contributed by atoms with Crippen LogP contribution in [0.3, 0.4) is 0 Å². The summed E-state index contributed by atoms with van der Waals surface area (Å²) >= 11 is 0. The van der Waals surface area contributed by atoms with Crippen LogP contribution in [-0.2, 0) is 21.2 Å². The smallest absolute Gasteiger partial charge is 0.339 e. The lowest BCUT2D eigenvalue weighted by molar-refractivity contribution is 0.0596. The fraction of sp³-hybridized carbons (Fsp3) is 0.265. The van der Waals surface area contributed by atoms with Crippen molar-refractivity contribution in [1.82, 2.24) is 9.73 Å². The van der Waals surface area contributed by atoms with Crippen LogP contribution < -0.4 is 10.4 Å². The Morgan fingerprint density at radius 1 is 1.05 bits per heavy atom. The highest BCUT2D eigenvalue weighted by atomic mass is 32.2. The molecule has 44 heavy (non-hydrogen) atoms. The molecule has 3 aliphatic rings. The van der Waals surface area contributed by atoms with Gasteiger partial charge in [-0.2, -0.15) is 4.31 Å². The molecule has 0 aromatic heterocycles. The van der Waals surface area contributed by atoms with Gasteiger partial charge in [0.25, 0.3) is 0 Å². The van der Waals surface area contributed by atoms with Gasteiger partial charge in [-0.1, -0.05) is 42.8 Å². The second-order valence-electron chi connectivity index (χ2n) is 11.2. The van der Waals surface area contributed by atoms with Gasteiger partial charge in [0.1, 0.15) is 11.6 Å². The maximum absolute atomic E-state index is 14.6. The first kappa shape index (κ1) is 29.8. The Hall–Kier alpha value is -4.28. The number of allylic oxidation sites excluding steroid dienone is 3. The molecule has 0 amide bonds. The maximum Gasteiger partial charge on any atom is 0.339 e. The SMILES string of the molecule is COC(=O)c1ccccc1S(=O)(=O)N(CCc1ccccc1F)C[C@H]1CCC2=C1[C@@H](C)C1=CNN(c3ccc(F)cc3)C1=C2. The van der Waals surface area contributed by atoms with Crippen LogP contribution in [0.2, 0.25) is 0 Å². The Bertz CT molecular complexity index is 1800. The number of nitrogens with zero attached hydrogens (tertiary/aromatic N) is 2. The van der Waals surface area contributed by atoms with Crippen molar-refractivity contribution in [3.05, 3.63) is 130 Å². The van der Waals surface area contributed by atoms with E-state index < -0.39 is 21.8 Å². The molecule has 10 heteroatoms. The van der Waals surface area contributed by atoms with Crippen LogP contribution >= 0.6 is 0 Å². The molecule has 0 saturated carbocycles. The number of hydrazine groups is 1. The minimum Gasteiger partial charge on any atom is -0.465 e. The fourth-order valence-electron chi connectivity index (χ4n) is 6.52. The van der Waals surface area contributed by atoms with Crippen molar-refractivity contribution in [3.8, 4) is 0 Å². The van der Waals surface area contributed by atoms with Crippen LogP contribution in [0.15, 0.2) is 112 Å². The molecule has 2 aliphatic carbocycles. The van der Waals surface area contributed by atoms with Gasteiger partial charge in [-0.25, -0.2) is 22.0 Å². The van der Waals surface area contributed by atoms with Crippen molar-refractivity contribution in [2.24, 2.45) is 11.8 Å². The van der Waals surface area contributed by atoms with E-state index in [4.69, 9.17) is 4.74 Å². The molecule has 0 unspecified atom stereocenters. The summed E-state index contributed by atoms with van der Waals surface area (Å²) in [5, 5.41) is 1.93. The van der Waals surface area contributed by atoms with E-state index in [2.05, 4.69) is 18.4 Å². The zero-order valence-electron chi connectivity index (χ0n) is 24.5. The van der Waals surface area contributed by atoms with Crippen LogP contribution in [0.1, 0.15) is 35.7 Å². The number of hydrogen-bond acceptors (Lipinski definition) is 6. The Morgan fingerprint density at radius 2 is 1.77 bits per heavy atom. The molecule has 1 aliphatic heterocycles. The van der Waals surface area contributed by atoms with Gasteiger partial charge in [-0.3, -0.25) is 5.01 Å². The number of carbonyl (C=O) groups is 1. The molecule has 3 aromatic rings. The fourth-order valence-corrected chi connectivity index (χ4v) is 8.18. The second-order valence-corrected chi connectivity index (χ2v) is 13.1. The molecule has 2 atom stereocenters. The lowest BCUT2D eigenvalue weighted by atomic mass is 9.80. The van der Waals surface area contributed by atoms with Crippen LogP contribution in [0.5, 0.6) is 0 Å². The first-order chi connectivity index (χ1) is 21.2. The number of fused-ring (bicyclic) bond motifs is 1. The van der Waals surface area contributed by atoms with Crippen LogP contribution in [-0.4, -0.2) is 38.9 Å². The van der Waals surface area contributed by atoms with Crippen molar-refractivity contribution in [1.29, 1.82) is 0 Å².